The van der Waals surface area contributed by atoms with Gasteiger partial charge in [0.2, 0.25) is 5.91 Å². The molecular formula is C34H34ClN5OS. The summed E-state index contributed by atoms with van der Waals surface area (Å²) in [7, 11) is 2.10. The quantitative estimate of drug-likeness (QED) is 0.225. The number of anilines is 2. The summed E-state index contributed by atoms with van der Waals surface area (Å²) in [5, 5.41) is 9.93. The molecule has 0 spiro atoms. The number of amides is 1. The van der Waals surface area contributed by atoms with Gasteiger partial charge in [-0.05, 0) is 79.8 Å². The zero-order valence-electron chi connectivity index (χ0n) is 24.2. The summed E-state index contributed by atoms with van der Waals surface area (Å²) in [6, 6.07) is 23.6. The van der Waals surface area contributed by atoms with Crippen LogP contribution in [0.5, 0.6) is 0 Å². The number of aromatic nitrogens is 1. The minimum absolute atomic E-state index is 0.0756. The number of halogens is 1. The number of carbonyl (C=O) groups is 1. The summed E-state index contributed by atoms with van der Waals surface area (Å²) in [5.41, 5.74) is 5.93. The van der Waals surface area contributed by atoms with Crippen molar-refractivity contribution in [1.82, 2.24) is 15.2 Å². The van der Waals surface area contributed by atoms with Crippen LogP contribution in [-0.2, 0) is 4.79 Å². The van der Waals surface area contributed by atoms with Crippen molar-refractivity contribution in [3.63, 3.8) is 0 Å². The highest BCUT2D eigenvalue weighted by molar-refractivity contribution is 7.80. The van der Waals surface area contributed by atoms with Crippen LogP contribution in [0.15, 0.2) is 85.1 Å². The van der Waals surface area contributed by atoms with E-state index in [9.17, 15) is 4.79 Å². The lowest BCUT2D eigenvalue weighted by Crippen LogP contribution is -2.42. The summed E-state index contributed by atoms with van der Waals surface area (Å²) in [5.74, 6) is -0.0756. The van der Waals surface area contributed by atoms with Gasteiger partial charge in [-0.15, -0.1) is 0 Å². The van der Waals surface area contributed by atoms with Crippen LogP contribution in [0.4, 0.5) is 11.4 Å². The maximum Gasteiger partial charge on any atom is 0.226 e. The van der Waals surface area contributed by atoms with E-state index in [0.717, 1.165) is 39.0 Å². The average molecular weight is 596 g/mol. The second kappa shape index (κ2) is 11.0. The van der Waals surface area contributed by atoms with Gasteiger partial charge >= 0.3 is 0 Å². The molecule has 2 N–H and O–H groups in total. The van der Waals surface area contributed by atoms with E-state index in [1.165, 1.54) is 5.57 Å². The summed E-state index contributed by atoms with van der Waals surface area (Å²) >= 11 is 13.0. The van der Waals surface area contributed by atoms with Gasteiger partial charge in [0, 0.05) is 53.6 Å². The third-order valence-electron chi connectivity index (χ3n) is 8.50. The number of hydrogen-bond acceptors (Lipinski definition) is 4. The van der Waals surface area contributed by atoms with Crippen LogP contribution in [0.25, 0.3) is 16.3 Å². The van der Waals surface area contributed by atoms with Crippen molar-refractivity contribution in [2.45, 2.75) is 44.8 Å². The fourth-order valence-electron chi connectivity index (χ4n) is 6.17. The van der Waals surface area contributed by atoms with Gasteiger partial charge in [-0.25, -0.2) is 0 Å². The van der Waals surface area contributed by atoms with Crippen molar-refractivity contribution in [3.8, 4) is 0 Å². The van der Waals surface area contributed by atoms with Crippen molar-refractivity contribution in [3.05, 3.63) is 107 Å². The van der Waals surface area contributed by atoms with Crippen molar-refractivity contribution in [1.29, 1.82) is 0 Å². The molecule has 214 valence electrons. The molecule has 0 radical (unpaired) electrons. The molecule has 6 rings (SSSR count). The lowest BCUT2D eigenvalue weighted by molar-refractivity contribution is -0.116. The molecule has 2 unspecified atom stereocenters. The van der Waals surface area contributed by atoms with Crippen molar-refractivity contribution in [2.24, 2.45) is 0 Å². The van der Waals surface area contributed by atoms with E-state index in [-0.39, 0.29) is 30.0 Å². The molecule has 8 heteroatoms. The number of fused-ring (bicyclic) bond motifs is 2. The third kappa shape index (κ3) is 5.12. The average Bonchev–Trinajstić information content (AvgIpc) is 3.30. The highest BCUT2D eigenvalue weighted by atomic mass is 35.5. The molecule has 1 aromatic heterocycles. The first-order chi connectivity index (χ1) is 20.1. The Balaban J connectivity index is 1.33. The molecule has 1 saturated heterocycles. The van der Waals surface area contributed by atoms with E-state index in [2.05, 4.69) is 71.4 Å². The predicted octanol–water partition coefficient (Wildman–Crippen LogP) is 7.52. The maximum atomic E-state index is 13.3. The number of pyridine rings is 1. The van der Waals surface area contributed by atoms with Crippen LogP contribution in [0, 0.1) is 0 Å². The zero-order chi connectivity index (χ0) is 29.6. The van der Waals surface area contributed by atoms with Gasteiger partial charge in [0.25, 0.3) is 0 Å². The molecule has 4 aromatic rings. The van der Waals surface area contributed by atoms with Gasteiger partial charge in [-0.2, -0.15) is 0 Å². The molecule has 1 amide bonds. The van der Waals surface area contributed by atoms with Crippen molar-refractivity contribution >= 4 is 62.6 Å². The summed E-state index contributed by atoms with van der Waals surface area (Å²) in [6.07, 6.45) is 4.33. The first kappa shape index (κ1) is 28.2. The number of nitrogens with one attached hydrogen (secondary N) is 2. The fourth-order valence-corrected chi connectivity index (χ4v) is 6.77. The SMILES string of the molecule is CC1=CC(C)(C)N(C)c2cc(Cl)c(C3C(c4ccccn4)NC(=S)N3CCC(=O)Nc3cccc4ccccc34)cc21. The monoisotopic (exact) mass is 595 g/mol. The van der Waals surface area contributed by atoms with E-state index >= 15 is 0 Å². The second-order valence-corrected chi connectivity index (χ2v) is 12.4. The van der Waals surface area contributed by atoms with Gasteiger partial charge < -0.3 is 20.4 Å². The minimum atomic E-state index is -0.247. The molecule has 2 aliphatic heterocycles. The molecule has 0 bridgehead atoms. The molecule has 42 heavy (non-hydrogen) atoms. The number of nitrogens with zero attached hydrogens (tertiary/aromatic N) is 3. The Hall–Kier alpha value is -3.94. The highest BCUT2D eigenvalue weighted by Gasteiger charge is 2.41. The van der Waals surface area contributed by atoms with Crippen LogP contribution in [0.2, 0.25) is 5.02 Å². The molecule has 0 aliphatic carbocycles. The smallest absolute Gasteiger partial charge is 0.226 e. The first-order valence-corrected chi connectivity index (χ1v) is 15.0. The van der Waals surface area contributed by atoms with Gasteiger partial charge in [0.1, 0.15) is 0 Å². The molecular weight excluding hydrogens is 562 g/mol. The van der Waals surface area contributed by atoms with Crippen LogP contribution < -0.4 is 15.5 Å². The van der Waals surface area contributed by atoms with Gasteiger partial charge in [-0.1, -0.05) is 60.1 Å². The lowest BCUT2D eigenvalue weighted by Gasteiger charge is -2.41. The van der Waals surface area contributed by atoms with E-state index in [4.69, 9.17) is 23.8 Å². The van der Waals surface area contributed by atoms with Crippen molar-refractivity contribution < 1.29 is 4.79 Å². The van der Waals surface area contributed by atoms with Crippen LogP contribution in [0.3, 0.4) is 0 Å². The summed E-state index contributed by atoms with van der Waals surface area (Å²) < 4.78 is 0. The standard InChI is InChI=1S/C34H34ClN5OS/c1-21-20-34(2,3)39(4)29-19-26(35)25(18-24(21)29)32-31(28-13-7-8-16-36-28)38-33(42)40(32)17-15-30(41)37-27-14-9-11-22-10-5-6-12-23(22)27/h5-14,16,18-20,31-32H,15,17H2,1-4H3,(H,37,41)(H,38,42). The molecule has 0 saturated carbocycles. The normalized spacial score (nSPS) is 19.4. The van der Waals surface area contributed by atoms with Crippen LogP contribution in [-0.4, -0.2) is 40.0 Å². The Labute approximate surface area is 257 Å². The molecule has 2 aliphatic rings. The van der Waals surface area contributed by atoms with Gasteiger partial charge in [0.15, 0.2) is 5.11 Å². The topological polar surface area (TPSA) is 60.5 Å². The number of likely N-dealkylation sites (N-methyl/N-ethyl adjacent to an activating group) is 1. The zero-order valence-corrected chi connectivity index (χ0v) is 25.8. The van der Waals surface area contributed by atoms with Gasteiger partial charge in [-0.3, -0.25) is 9.78 Å². The maximum absolute atomic E-state index is 13.3. The Morgan fingerprint density at radius 2 is 1.86 bits per heavy atom. The third-order valence-corrected chi connectivity index (χ3v) is 9.18. The minimum Gasteiger partial charge on any atom is -0.365 e. The van der Waals surface area contributed by atoms with E-state index in [1.54, 1.807) is 6.20 Å². The van der Waals surface area contributed by atoms with Crippen LogP contribution >= 0.6 is 23.8 Å². The summed E-state index contributed by atoms with van der Waals surface area (Å²) in [6.45, 7) is 6.96. The lowest BCUT2D eigenvalue weighted by atomic mass is 9.86. The molecule has 1 fully saturated rings. The predicted molar refractivity (Wildman–Crippen MR) is 177 cm³/mol. The Kier molecular flexibility index (Phi) is 7.41. The number of hydrogen-bond donors (Lipinski definition) is 2. The number of allylic oxidation sites excluding steroid dienone is 1. The number of benzene rings is 3. The van der Waals surface area contributed by atoms with Gasteiger partial charge in [0.05, 0.1) is 23.3 Å². The number of rotatable bonds is 6. The highest BCUT2D eigenvalue weighted by Crippen LogP contribution is 2.46. The fraction of sp³-hybridized carbons (Fsp3) is 0.265. The summed E-state index contributed by atoms with van der Waals surface area (Å²) in [4.78, 5) is 22.3. The molecule has 3 heterocycles. The largest absolute Gasteiger partial charge is 0.365 e. The molecule has 6 nitrogen and oxygen atoms in total. The number of carbonyl (C=O) groups excluding carboxylic acids is 1. The first-order valence-electron chi connectivity index (χ1n) is 14.2. The van der Waals surface area contributed by atoms with Crippen LogP contribution in [0.1, 0.15) is 56.1 Å². The second-order valence-electron chi connectivity index (χ2n) is 11.6. The van der Waals surface area contributed by atoms with E-state index in [0.29, 0.717) is 16.7 Å². The van der Waals surface area contributed by atoms with E-state index in [1.807, 2.05) is 60.7 Å². The number of thiocarbonyl (C=S) groups is 1. The molecule has 3 aromatic carbocycles. The van der Waals surface area contributed by atoms with E-state index < -0.39 is 0 Å². The Bertz CT molecular complexity index is 1710. The molecule has 2 atom stereocenters. The Morgan fingerprint density at radius 1 is 1.10 bits per heavy atom. The van der Waals surface area contributed by atoms with Crippen molar-refractivity contribution in [2.75, 3.05) is 23.8 Å². The Morgan fingerprint density at radius 3 is 2.64 bits per heavy atom.